The number of rotatable bonds is 6. The van der Waals surface area contributed by atoms with Crippen molar-refractivity contribution in [3.63, 3.8) is 0 Å². The van der Waals surface area contributed by atoms with Crippen LogP contribution in [0.1, 0.15) is 24.8 Å². The highest BCUT2D eigenvalue weighted by molar-refractivity contribution is 5.27. The Labute approximate surface area is 144 Å². The van der Waals surface area contributed by atoms with Gasteiger partial charge < -0.3 is 10.2 Å². The molecular weight excluding hydrogens is 298 g/mol. The molecule has 128 valence electrons. The lowest BCUT2D eigenvalue weighted by Crippen LogP contribution is -2.39. The molecule has 1 spiro atoms. The summed E-state index contributed by atoms with van der Waals surface area (Å²) in [6, 6.07) is 11.3. The second kappa shape index (κ2) is 7.03. The first-order valence-corrected chi connectivity index (χ1v) is 9.19. The molecule has 1 aromatic rings. The normalized spacial score (nSPS) is 29.8. The van der Waals surface area contributed by atoms with Crippen LogP contribution in [0.3, 0.4) is 0 Å². The lowest BCUT2D eigenvalue weighted by molar-refractivity contribution is 0.183. The maximum Gasteiger partial charge on any atom is 0.120 e. The van der Waals surface area contributed by atoms with Gasteiger partial charge in [-0.25, -0.2) is 0 Å². The van der Waals surface area contributed by atoms with Gasteiger partial charge in [-0.1, -0.05) is 35.6 Å². The number of nitrogens with zero attached hydrogens (tertiary/aromatic N) is 3. The number of nitrogens with one attached hydrogen (secondary N) is 2. The number of hydrogen-bond acceptors (Lipinski definition) is 5. The molecule has 5 heteroatoms. The maximum atomic E-state index is 4.34. The van der Waals surface area contributed by atoms with Crippen LogP contribution in [0, 0.1) is 5.92 Å². The Hall–Kier alpha value is -1.72. The van der Waals surface area contributed by atoms with Crippen molar-refractivity contribution in [2.45, 2.75) is 37.3 Å². The van der Waals surface area contributed by atoms with Crippen molar-refractivity contribution in [2.24, 2.45) is 16.3 Å². The first-order chi connectivity index (χ1) is 11.8. The van der Waals surface area contributed by atoms with E-state index in [1.54, 1.807) is 0 Å². The lowest BCUT2D eigenvalue weighted by atomic mass is 9.96. The minimum atomic E-state index is -0.0400. The topological polar surface area (TPSA) is 52.0 Å². The summed E-state index contributed by atoms with van der Waals surface area (Å²) in [6.45, 7) is 4.78. The fraction of sp³-hybridized carbons (Fsp3) is 0.579. The van der Waals surface area contributed by atoms with Gasteiger partial charge in [0.15, 0.2) is 0 Å². The van der Waals surface area contributed by atoms with E-state index in [9.17, 15) is 0 Å². The largest absolute Gasteiger partial charge is 0.311 e. The van der Waals surface area contributed by atoms with Gasteiger partial charge in [-0.05, 0) is 62.9 Å². The summed E-state index contributed by atoms with van der Waals surface area (Å²) in [6.07, 6.45) is 8.91. The molecule has 0 bridgehead atoms. The smallest absolute Gasteiger partial charge is 0.120 e. The molecule has 3 aliphatic rings. The van der Waals surface area contributed by atoms with E-state index in [-0.39, 0.29) is 5.54 Å². The van der Waals surface area contributed by atoms with Crippen LogP contribution >= 0.6 is 0 Å². The molecule has 0 aromatic heterocycles. The number of likely N-dealkylation sites (tertiary alicyclic amines) is 1. The van der Waals surface area contributed by atoms with Crippen LogP contribution in [0.5, 0.6) is 0 Å². The van der Waals surface area contributed by atoms with Gasteiger partial charge in [0.2, 0.25) is 0 Å². The van der Waals surface area contributed by atoms with Crippen LogP contribution < -0.4 is 10.7 Å². The Bertz CT molecular complexity index is 577. The third-order valence-electron chi connectivity index (χ3n) is 5.63. The van der Waals surface area contributed by atoms with Gasteiger partial charge in [-0.3, -0.25) is 5.43 Å². The van der Waals surface area contributed by atoms with Crippen LogP contribution in [-0.2, 0) is 6.42 Å². The van der Waals surface area contributed by atoms with E-state index >= 15 is 0 Å². The van der Waals surface area contributed by atoms with Crippen molar-refractivity contribution in [2.75, 3.05) is 26.2 Å². The highest BCUT2D eigenvalue weighted by Gasteiger charge is 2.54. The van der Waals surface area contributed by atoms with E-state index in [2.05, 4.69) is 62.4 Å². The van der Waals surface area contributed by atoms with Crippen LogP contribution in [0.4, 0.5) is 0 Å². The van der Waals surface area contributed by atoms with Crippen molar-refractivity contribution in [1.29, 1.82) is 0 Å². The van der Waals surface area contributed by atoms with Gasteiger partial charge in [-0.15, -0.1) is 0 Å². The summed E-state index contributed by atoms with van der Waals surface area (Å²) in [7, 11) is 0. The average molecular weight is 325 g/mol. The summed E-state index contributed by atoms with van der Waals surface area (Å²) < 4.78 is 0. The molecular formula is C19H27N5. The molecule has 2 heterocycles. The standard InChI is InChI=1S/C19H27N5/c1-2-4-16(5-3-1)6-11-24-12-7-17(8-13-24)15-20-18-14-19(18)9-10-21-23-22-19/h1-5,9-10,17-18,20H,6-8,11-15H2,(H,21,22)/t18-,19-/m1/s1. The molecule has 24 heavy (non-hydrogen) atoms. The lowest BCUT2D eigenvalue weighted by Gasteiger charge is -2.32. The zero-order valence-corrected chi connectivity index (χ0v) is 14.2. The molecule has 1 aromatic carbocycles. The van der Waals surface area contributed by atoms with Crippen LogP contribution in [0.2, 0.25) is 0 Å². The predicted octanol–water partition coefficient (Wildman–Crippen LogP) is 2.53. The monoisotopic (exact) mass is 325 g/mol. The summed E-state index contributed by atoms with van der Waals surface area (Å²) in [5.74, 6) is 0.804. The maximum absolute atomic E-state index is 4.34. The van der Waals surface area contributed by atoms with E-state index in [1.807, 2.05) is 6.20 Å². The van der Waals surface area contributed by atoms with Gasteiger partial charge in [0, 0.05) is 18.8 Å². The van der Waals surface area contributed by atoms with Gasteiger partial charge >= 0.3 is 0 Å². The molecule has 0 radical (unpaired) electrons. The van der Waals surface area contributed by atoms with Gasteiger partial charge in [-0.2, -0.15) is 5.11 Å². The second-order valence-electron chi connectivity index (χ2n) is 7.34. The number of benzene rings is 1. The van der Waals surface area contributed by atoms with Gasteiger partial charge in [0.25, 0.3) is 0 Å². The Morgan fingerprint density at radius 2 is 2.04 bits per heavy atom. The number of hydrogen-bond donors (Lipinski definition) is 2. The highest BCUT2D eigenvalue weighted by Crippen LogP contribution is 2.42. The third kappa shape index (κ3) is 3.68. The fourth-order valence-electron chi connectivity index (χ4n) is 3.84. The zero-order chi connectivity index (χ0) is 16.2. The molecule has 2 N–H and O–H groups in total. The van der Waals surface area contributed by atoms with Crippen LogP contribution in [-0.4, -0.2) is 42.7 Å². The Morgan fingerprint density at radius 3 is 2.79 bits per heavy atom. The summed E-state index contributed by atoms with van der Waals surface area (Å²) in [5, 5.41) is 12.0. The number of piperidine rings is 1. The molecule has 1 aliphatic carbocycles. The second-order valence-corrected chi connectivity index (χ2v) is 7.34. The van der Waals surface area contributed by atoms with Gasteiger partial charge in [0.05, 0.1) is 0 Å². The fourth-order valence-corrected chi connectivity index (χ4v) is 3.84. The quantitative estimate of drug-likeness (QED) is 0.845. The summed E-state index contributed by atoms with van der Waals surface area (Å²) in [4.78, 5) is 2.62. The Balaban J connectivity index is 1.14. The van der Waals surface area contributed by atoms with Crippen molar-refractivity contribution < 1.29 is 0 Å². The molecule has 5 nitrogen and oxygen atoms in total. The van der Waals surface area contributed by atoms with Gasteiger partial charge in [0.1, 0.15) is 5.54 Å². The van der Waals surface area contributed by atoms with Crippen molar-refractivity contribution >= 4 is 0 Å². The summed E-state index contributed by atoms with van der Waals surface area (Å²) in [5.41, 5.74) is 4.19. The molecule has 0 unspecified atom stereocenters. The first kappa shape index (κ1) is 15.8. The highest BCUT2D eigenvalue weighted by atomic mass is 15.5. The minimum absolute atomic E-state index is 0.0400. The minimum Gasteiger partial charge on any atom is -0.311 e. The average Bonchev–Trinajstić information content (AvgIpc) is 3.32. The molecule has 0 amide bonds. The van der Waals surface area contributed by atoms with Crippen LogP contribution in [0.15, 0.2) is 52.9 Å². The third-order valence-corrected chi connectivity index (χ3v) is 5.63. The van der Waals surface area contributed by atoms with Crippen molar-refractivity contribution in [1.82, 2.24) is 15.6 Å². The first-order valence-electron chi connectivity index (χ1n) is 9.19. The van der Waals surface area contributed by atoms with E-state index in [0.29, 0.717) is 6.04 Å². The predicted molar refractivity (Wildman–Crippen MR) is 95.6 cm³/mol. The van der Waals surface area contributed by atoms with Crippen LogP contribution in [0.25, 0.3) is 0 Å². The molecule has 4 rings (SSSR count). The zero-order valence-electron chi connectivity index (χ0n) is 14.2. The Morgan fingerprint density at radius 1 is 1.21 bits per heavy atom. The Kier molecular flexibility index (Phi) is 4.63. The molecule has 1 saturated carbocycles. The summed E-state index contributed by atoms with van der Waals surface area (Å²) >= 11 is 0. The van der Waals surface area contributed by atoms with Crippen molar-refractivity contribution in [3.05, 3.63) is 48.2 Å². The SMILES string of the molecule is C1=C[C@]2(C[C@H]2NCC2CCN(CCc3ccccc3)CC2)N=NN1. The molecule has 2 fully saturated rings. The molecule has 2 aliphatic heterocycles. The molecule has 2 atom stereocenters. The van der Waals surface area contributed by atoms with E-state index in [4.69, 9.17) is 0 Å². The van der Waals surface area contributed by atoms with E-state index < -0.39 is 0 Å². The van der Waals surface area contributed by atoms with E-state index in [1.165, 1.54) is 44.5 Å². The van der Waals surface area contributed by atoms with E-state index in [0.717, 1.165) is 18.9 Å². The molecule has 1 saturated heterocycles. The van der Waals surface area contributed by atoms with Crippen molar-refractivity contribution in [3.8, 4) is 0 Å².